The van der Waals surface area contributed by atoms with Gasteiger partial charge in [-0.15, -0.1) is 0 Å². The summed E-state index contributed by atoms with van der Waals surface area (Å²) in [6, 6.07) is 26.4. The minimum Gasteiger partial charge on any atom is -0.454 e. The average molecular weight is 483 g/mol. The number of ether oxygens (including phenoxy) is 1. The molecule has 0 atom stereocenters. The van der Waals surface area contributed by atoms with E-state index in [9.17, 15) is 14.4 Å². The van der Waals surface area contributed by atoms with Crippen LogP contribution in [0.1, 0.15) is 21.7 Å². The van der Waals surface area contributed by atoms with Crippen LogP contribution in [-0.2, 0) is 14.3 Å². The van der Waals surface area contributed by atoms with Crippen molar-refractivity contribution in [3.8, 4) is 16.8 Å². The highest BCUT2D eigenvalue weighted by Gasteiger charge is 2.17. The topological polar surface area (TPSA) is 102 Å². The second kappa shape index (κ2) is 11.1. The van der Waals surface area contributed by atoms with Gasteiger partial charge in [-0.05, 0) is 49.2 Å². The highest BCUT2D eigenvalue weighted by molar-refractivity contribution is 5.97. The van der Waals surface area contributed by atoms with Crippen LogP contribution in [0.2, 0.25) is 0 Å². The Morgan fingerprint density at radius 3 is 2.11 bits per heavy atom. The van der Waals surface area contributed by atoms with Crippen molar-refractivity contribution in [3.63, 3.8) is 0 Å². The SMILES string of the molecule is Cc1nn(-c2ccccc2)c(C)c1NC(=O)COC(=O)CNC(=O)c1ccc(-c2ccccc2)cc1. The number of esters is 1. The summed E-state index contributed by atoms with van der Waals surface area (Å²) in [6.07, 6.45) is 0. The van der Waals surface area contributed by atoms with Crippen molar-refractivity contribution in [1.82, 2.24) is 15.1 Å². The van der Waals surface area contributed by atoms with E-state index in [1.54, 1.807) is 23.7 Å². The van der Waals surface area contributed by atoms with Crippen molar-refractivity contribution in [2.75, 3.05) is 18.5 Å². The molecule has 8 heteroatoms. The number of aryl methyl sites for hydroxylation is 1. The van der Waals surface area contributed by atoms with E-state index in [4.69, 9.17) is 4.74 Å². The van der Waals surface area contributed by atoms with Crippen molar-refractivity contribution in [2.45, 2.75) is 13.8 Å². The van der Waals surface area contributed by atoms with Gasteiger partial charge in [0.1, 0.15) is 6.54 Å². The molecule has 0 radical (unpaired) electrons. The normalized spacial score (nSPS) is 10.5. The first-order chi connectivity index (χ1) is 17.4. The number of amides is 2. The van der Waals surface area contributed by atoms with Gasteiger partial charge in [-0.3, -0.25) is 14.4 Å². The number of para-hydroxylation sites is 1. The maximum atomic E-state index is 12.4. The summed E-state index contributed by atoms with van der Waals surface area (Å²) in [5.74, 6) is -1.62. The lowest BCUT2D eigenvalue weighted by Gasteiger charge is -2.09. The summed E-state index contributed by atoms with van der Waals surface area (Å²) in [4.78, 5) is 36.8. The van der Waals surface area contributed by atoms with Gasteiger partial charge in [0.15, 0.2) is 6.61 Å². The van der Waals surface area contributed by atoms with Crippen LogP contribution in [0, 0.1) is 13.8 Å². The Bertz CT molecular complexity index is 1360. The molecule has 3 aromatic carbocycles. The number of benzene rings is 3. The van der Waals surface area contributed by atoms with Gasteiger partial charge in [0.25, 0.3) is 11.8 Å². The van der Waals surface area contributed by atoms with E-state index in [0.29, 0.717) is 16.9 Å². The minimum absolute atomic E-state index is 0.351. The van der Waals surface area contributed by atoms with Crippen LogP contribution >= 0.6 is 0 Å². The molecule has 0 aliphatic carbocycles. The molecule has 36 heavy (non-hydrogen) atoms. The van der Waals surface area contributed by atoms with Crippen LogP contribution in [0.15, 0.2) is 84.9 Å². The summed E-state index contributed by atoms with van der Waals surface area (Å²) in [5, 5.41) is 9.73. The molecule has 0 bridgehead atoms. The molecule has 0 fully saturated rings. The summed E-state index contributed by atoms with van der Waals surface area (Å²) in [5.41, 5.74) is 5.27. The number of carbonyl (C=O) groups is 3. The number of hydrogen-bond donors (Lipinski definition) is 2. The lowest BCUT2D eigenvalue weighted by atomic mass is 10.0. The van der Waals surface area contributed by atoms with Gasteiger partial charge in [0, 0.05) is 5.56 Å². The standard InChI is InChI=1S/C28H26N4O4/c1-19-27(20(2)32(31-19)24-11-7-4-8-12-24)30-25(33)18-36-26(34)17-29-28(35)23-15-13-22(14-16-23)21-9-5-3-6-10-21/h3-16H,17-18H2,1-2H3,(H,29,35)(H,30,33). The zero-order valence-electron chi connectivity index (χ0n) is 20.0. The molecule has 0 saturated carbocycles. The summed E-state index contributed by atoms with van der Waals surface area (Å²) < 4.78 is 6.75. The van der Waals surface area contributed by atoms with Crippen LogP contribution < -0.4 is 10.6 Å². The molecule has 1 heterocycles. The van der Waals surface area contributed by atoms with Crippen LogP contribution in [0.5, 0.6) is 0 Å². The fourth-order valence-corrected chi connectivity index (χ4v) is 3.72. The Balaban J connectivity index is 1.25. The molecule has 2 N–H and O–H groups in total. The van der Waals surface area contributed by atoms with Crippen LogP contribution in [0.25, 0.3) is 16.8 Å². The molecule has 0 aliphatic heterocycles. The summed E-state index contributed by atoms with van der Waals surface area (Å²) in [6.45, 7) is 2.80. The van der Waals surface area contributed by atoms with Gasteiger partial charge in [0.05, 0.1) is 22.8 Å². The first-order valence-corrected chi connectivity index (χ1v) is 11.4. The number of nitrogens with zero attached hydrogens (tertiary/aromatic N) is 2. The molecule has 4 rings (SSSR count). The fourth-order valence-electron chi connectivity index (χ4n) is 3.72. The smallest absolute Gasteiger partial charge is 0.325 e. The Kier molecular flexibility index (Phi) is 7.55. The Morgan fingerprint density at radius 1 is 0.833 bits per heavy atom. The van der Waals surface area contributed by atoms with Crippen LogP contribution in [-0.4, -0.2) is 40.7 Å². The van der Waals surface area contributed by atoms with Crippen molar-refractivity contribution < 1.29 is 19.1 Å². The van der Waals surface area contributed by atoms with Gasteiger partial charge < -0.3 is 15.4 Å². The van der Waals surface area contributed by atoms with Crippen molar-refractivity contribution >= 4 is 23.5 Å². The van der Waals surface area contributed by atoms with Gasteiger partial charge in [-0.1, -0.05) is 60.7 Å². The number of hydrogen-bond acceptors (Lipinski definition) is 5. The third-order valence-electron chi connectivity index (χ3n) is 5.57. The molecule has 0 saturated heterocycles. The molecule has 0 unspecified atom stereocenters. The minimum atomic E-state index is -0.715. The summed E-state index contributed by atoms with van der Waals surface area (Å²) in [7, 11) is 0. The van der Waals surface area contributed by atoms with Crippen LogP contribution in [0.3, 0.4) is 0 Å². The Hall–Kier alpha value is -4.72. The van der Waals surface area contributed by atoms with Gasteiger partial charge in [-0.25, -0.2) is 4.68 Å². The van der Waals surface area contributed by atoms with E-state index in [-0.39, 0.29) is 6.54 Å². The fraction of sp³-hybridized carbons (Fsp3) is 0.143. The van der Waals surface area contributed by atoms with E-state index in [2.05, 4.69) is 15.7 Å². The van der Waals surface area contributed by atoms with Crippen molar-refractivity contribution in [1.29, 1.82) is 0 Å². The predicted molar refractivity (Wildman–Crippen MR) is 137 cm³/mol. The third kappa shape index (κ3) is 5.85. The lowest BCUT2D eigenvalue weighted by molar-refractivity contribution is -0.146. The third-order valence-corrected chi connectivity index (χ3v) is 5.57. The molecule has 4 aromatic rings. The van der Waals surface area contributed by atoms with Crippen molar-refractivity contribution in [2.24, 2.45) is 0 Å². The molecule has 2 amide bonds. The summed E-state index contributed by atoms with van der Waals surface area (Å²) >= 11 is 0. The second-order valence-electron chi connectivity index (χ2n) is 8.13. The lowest BCUT2D eigenvalue weighted by Crippen LogP contribution is -2.32. The van der Waals surface area contributed by atoms with E-state index in [1.807, 2.05) is 79.7 Å². The van der Waals surface area contributed by atoms with Gasteiger partial charge >= 0.3 is 5.97 Å². The average Bonchev–Trinajstić information content (AvgIpc) is 3.20. The van der Waals surface area contributed by atoms with E-state index >= 15 is 0 Å². The first-order valence-electron chi connectivity index (χ1n) is 11.4. The molecular formula is C28H26N4O4. The van der Waals surface area contributed by atoms with E-state index in [1.165, 1.54) is 0 Å². The predicted octanol–water partition coefficient (Wildman–Crippen LogP) is 4.07. The maximum absolute atomic E-state index is 12.4. The van der Waals surface area contributed by atoms with Gasteiger partial charge in [-0.2, -0.15) is 5.10 Å². The molecule has 1 aromatic heterocycles. The Morgan fingerprint density at radius 2 is 1.44 bits per heavy atom. The number of nitrogens with one attached hydrogen (secondary N) is 2. The molecular weight excluding hydrogens is 456 g/mol. The highest BCUT2D eigenvalue weighted by Crippen LogP contribution is 2.22. The largest absolute Gasteiger partial charge is 0.454 e. The maximum Gasteiger partial charge on any atom is 0.325 e. The zero-order chi connectivity index (χ0) is 25.5. The van der Waals surface area contributed by atoms with Crippen molar-refractivity contribution in [3.05, 3.63) is 102 Å². The zero-order valence-corrected chi connectivity index (χ0v) is 20.0. The van der Waals surface area contributed by atoms with E-state index in [0.717, 1.165) is 22.5 Å². The molecule has 8 nitrogen and oxygen atoms in total. The monoisotopic (exact) mass is 482 g/mol. The highest BCUT2D eigenvalue weighted by atomic mass is 16.5. The molecule has 0 spiro atoms. The second-order valence-corrected chi connectivity index (χ2v) is 8.13. The van der Waals surface area contributed by atoms with Crippen LogP contribution in [0.4, 0.5) is 5.69 Å². The number of aromatic nitrogens is 2. The number of anilines is 1. The number of rotatable bonds is 8. The first kappa shape index (κ1) is 24.4. The molecule has 182 valence electrons. The Labute approximate surface area is 208 Å². The quantitative estimate of drug-likeness (QED) is 0.369. The number of carbonyl (C=O) groups excluding carboxylic acids is 3. The van der Waals surface area contributed by atoms with E-state index < -0.39 is 24.4 Å². The van der Waals surface area contributed by atoms with Gasteiger partial charge in [0.2, 0.25) is 0 Å². The molecule has 0 aliphatic rings.